The molecule has 0 atom stereocenters. The van der Waals surface area contributed by atoms with E-state index in [4.69, 9.17) is 0 Å². The molecule has 124 valence electrons. The van der Waals surface area contributed by atoms with Crippen LogP contribution in [-0.2, 0) is 20.7 Å². The van der Waals surface area contributed by atoms with Crippen LogP contribution in [0.1, 0.15) is 32.2 Å². The number of aromatic nitrogens is 2. The van der Waals surface area contributed by atoms with Crippen LogP contribution >= 0.6 is 23.3 Å². The number of carbonyl (C=O) groups is 1. The number of carbonyl (C=O) groups excluding carboxylic acids is 1. The van der Waals surface area contributed by atoms with Gasteiger partial charge in [0, 0.05) is 28.4 Å². The fourth-order valence-electron chi connectivity index (χ4n) is 1.75. The number of methoxy groups -OCH3 is 1. The highest BCUT2D eigenvalue weighted by Crippen LogP contribution is 2.26. The van der Waals surface area contributed by atoms with Crippen molar-refractivity contribution < 1.29 is 9.53 Å². The number of benzene rings is 1. The minimum absolute atomic E-state index is 0.0528. The molecule has 0 spiro atoms. The number of rotatable bonds is 6. The van der Waals surface area contributed by atoms with E-state index < -0.39 is 0 Å². The maximum atomic E-state index is 11.1. The van der Waals surface area contributed by atoms with E-state index in [1.807, 2.05) is 18.2 Å². The molecule has 1 aromatic heterocycles. The van der Waals surface area contributed by atoms with Crippen LogP contribution in [0.5, 0.6) is 0 Å². The second-order valence-electron chi connectivity index (χ2n) is 6.07. The number of ether oxygens (including phenoxy) is 1. The van der Waals surface area contributed by atoms with Crippen molar-refractivity contribution >= 4 is 40.1 Å². The first-order valence-electron chi connectivity index (χ1n) is 7.23. The molecule has 2 rings (SSSR count). The normalized spacial score (nSPS) is 11.3. The Morgan fingerprint density at radius 1 is 1.39 bits per heavy atom. The molecular weight excluding hydrogens is 330 g/mol. The predicted octanol–water partition coefficient (Wildman–Crippen LogP) is 3.99. The van der Waals surface area contributed by atoms with Gasteiger partial charge in [-0.2, -0.15) is 4.37 Å². The van der Waals surface area contributed by atoms with Gasteiger partial charge in [0.15, 0.2) is 0 Å². The third-order valence-electron chi connectivity index (χ3n) is 2.99. The van der Waals surface area contributed by atoms with Crippen LogP contribution in [-0.4, -0.2) is 28.2 Å². The summed E-state index contributed by atoms with van der Waals surface area (Å²) in [5.41, 5.74) is 2.06. The molecule has 5 nitrogen and oxygen atoms in total. The standard InChI is InChI=1S/C16H21N3O2S2/c1-16(2,3)14-18-15(23-19-14)17-12-7-5-6-11(8-12)9-22-10-13(20)21-4/h5-8H,9-10H2,1-4H3,(H,17,18,19). The van der Waals surface area contributed by atoms with Crippen LogP contribution < -0.4 is 5.32 Å². The lowest BCUT2D eigenvalue weighted by molar-refractivity contribution is -0.137. The van der Waals surface area contributed by atoms with Gasteiger partial charge < -0.3 is 10.1 Å². The highest BCUT2D eigenvalue weighted by atomic mass is 32.2. The molecule has 0 aliphatic rings. The summed E-state index contributed by atoms with van der Waals surface area (Å²) in [6.07, 6.45) is 0. The van der Waals surface area contributed by atoms with Gasteiger partial charge in [-0.05, 0) is 17.7 Å². The molecule has 0 fully saturated rings. The van der Waals surface area contributed by atoms with E-state index in [-0.39, 0.29) is 11.4 Å². The van der Waals surface area contributed by atoms with Gasteiger partial charge in [0.25, 0.3) is 0 Å². The Balaban J connectivity index is 1.97. The molecule has 0 radical (unpaired) electrons. The number of hydrogen-bond donors (Lipinski definition) is 1. The number of hydrogen-bond acceptors (Lipinski definition) is 7. The Kier molecular flexibility index (Phi) is 6.01. The minimum Gasteiger partial charge on any atom is -0.468 e. The van der Waals surface area contributed by atoms with Gasteiger partial charge in [-0.15, -0.1) is 11.8 Å². The molecular formula is C16H21N3O2S2. The molecule has 23 heavy (non-hydrogen) atoms. The summed E-state index contributed by atoms with van der Waals surface area (Å²) in [7, 11) is 1.40. The molecule has 0 unspecified atom stereocenters. The number of nitrogens with one attached hydrogen (secondary N) is 1. The Bertz CT molecular complexity index is 665. The van der Waals surface area contributed by atoms with Crippen molar-refractivity contribution in [3.05, 3.63) is 35.7 Å². The van der Waals surface area contributed by atoms with Gasteiger partial charge in [-0.3, -0.25) is 4.79 Å². The summed E-state index contributed by atoms with van der Waals surface area (Å²) in [4.78, 5) is 15.7. The van der Waals surface area contributed by atoms with Crippen LogP contribution in [0, 0.1) is 0 Å². The lowest BCUT2D eigenvalue weighted by Gasteiger charge is -2.12. The second kappa shape index (κ2) is 7.79. The van der Waals surface area contributed by atoms with Gasteiger partial charge in [0.1, 0.15) is 5.82 Å². The zero-order chi connectivity index (χ0) is 16.9. The largest absolute Gasteiger partial charge is 0.468 e. The zero-order valence-corrected chi connectivity index (χ0v) is 15.4. The van der Waals surface area contributed by atoms with Crippen molar-refractivity contribution in [1.29, 1.82) is 0 Å². The van der Waals surface area contributed by atoms with Crippen LogP contribution in [0.2, 0.25) is 0 Å². The Labute approximate surface area is 145 Å². The van der Waals surface area contributed by atoms with E-state index >= 15 is 0 Å². The molecule has 1 N–H and O–H groups in total. The Morgan fingerprint density at radius 2 is 2.17 bits per heavy atom. The average Bonchev–Trinajstić information content (AvgIpc) is 2.96. The van der Waals surface area contributed by atoms with Crippen molar-refractivity contribution in [2.24, 2.45) is 0 Å². The molecule has 1 aromatic carbocycles. The van der Waals surface area contributed by atoms with E-state index in [1.165, 1.54) is 30.4 Å². The number of esters is 1. The number of nitrogens with zero attached hydrogens (tertiary/aromatic N) is 2. The first-order valence-corrected chi connectivity index (χ1v) is 9.16. The summed E-state index contributed by atoms with van der Waals surface area (Å²) < 4.78 is 9.03. The van der Waals surface area contributed by atoms with Gasteiger partial charge in [-0.1, -0.05) is 32.9 Å². The highest BCUT2D eigenvalue weighted by Gasteiger charge is 2.19. The van der Waals surface area contributed by atoms with Crippen LogP contribution in [0.25, 0.3) is 0 Å². The topological polar surface area (TPSA) is 64.1 Å². The SMILES string of the molecule is COC(=O)CSCc1cccc(Nc2nc(C(C)(C)C)ns2)c1. The maximum Gasteiger partial charge on any atom is 0.315 e. The van der Waals surface area contributed by atoms with Crippen molar-refractivity contribution in [2.45, 2.75) is 31.9 Å². The third-order valence-corrected chi connectivity index (χ3v) is 4.60. The van der Waals surface area contributed by atoms with Crippen molar-refractivity contribution in [2.75, 3.05) is 18.2 Å². The van der Waals surface area contributed by atoms with Gasteiger partial charge in [0.2, 0.25) is 5.13 Å². The Morgan fingerprint density at radius 3 is 2.83 bits per heavy atom. The van der Waals surface area contributed by atoms with Crippen molar-refractivity contribution in [1.82, 2.24) is 9.36 Å². The van der Waals surface area contributed by atoms with Gasteiger partial charge >= 0.3 is 5.97 Å². The molecule has 0 saturated heterocycles. The summed E-state index contributed by atoms with van der Waals surface area (Å²) in [5, 5.41) is 4.08. The van der Waals surface area contributed by atoms with Gasteiger partial charge in [-0.25, -0.2) is 4.98 Å². The van der Waals surface area contributed by atoms with E-state index in [0.29, 0.717) is 5.75 Å². The molecule has 0 aliphatic heterocycles. The summed E-state index contributed by atoms with van der Waals surface area (Å²) in [6, 6.07) is 8.08. The number of anilines is 2. The third kappa shape index (κ3) is 5.51. The fourth-order valence-corrected chi connectivity index (χ4v) is 3.33. The molecule has 0 bridgehead atoms. The molecule has 0 aliphatic carbocycles. The fraction of sp³-hybridized carbons (Fsp3) is 0.438. The van der Waals surface area contributed by atoms with Crippen molar-refractivity contribution in [3.63, 3.8) is 0 Å². The van der Waals surface area contributed by atoms with Gasteiger partial charge in [0.05, 0.1) is 12.9 Å². The summed E-state index contributed by atoms with van der Waals surface area (Å²) in [5.74, 6) is 1.76. The quantitative estimate of drug-likeness (QED) is 0.794. The summed E-state index contributed by atoms with van der Waals surface area (Å²) in [6.45, 7) is 6.29. The molecule has 2 aromatic rings. The highest BCUT2D eigenvalue weighted by molar-refractivity contribution is 7.99. The number of thioether (sulfide) groups is 1. The maximum absolute atomic E-state index is 11.1. The monoisotopic (exact) mass is 351 g/mol. The predicted molar refractivity (Wildman–Crippen MR) is 96.5 cm³/mol. The van der Waals surface area contributed by atoms with Crippen LogP contribution in [0.4, 0.5) is 10.8 Å². The first-order chi connectivity index (χ1) is 10.9. The first kappa shape index (κ1) is 17.7. The lowest BCUT2D eigenvalue weighted by Crippen LogP contribution is -2.13. The molecule has 1 heterocycles. The average molecular weight is 351 g/mol. The van der Waals surface area contributed by atoms with Crippen molar-refractivity contribution in [3.8, 4) is 0 Å². The summed E-state index contributed by atoms with van der Waals surface area (Å²) >= 11 is 2.90. The smallest absolute Gasteiger partial charge is 0.315 e. The van der Waals surface area contributed by atoms with Crippen LogP contribution in [0.3, 0.4) is 0 Å². The molecule has 7 heteroatoms. The van der Waals surface area contributed by atoms with E-state index in [1.54, 1.807) is 0 Å². The zero-order valence-electron chi connectivity index (χ0n) is 13.8. The molecule has 0 amide bonds. The van der Waals surface area contributed by atoms with E-state index in [0.717, 1.165) is 28.0 Å². The van der Waals surface area contributed by atoms with Crippen LogP contribution in [0.15, 0.2) is 24.3 Å². The van der Waals surface area contributed by atoms with E-state index in [2.05, 4.69) is 46.2 Å². The lowest BCUT2D eigenvalue weighted by atomic mass is 9.96. The minimum atomic E-state index is -0.201. The Hall–Kier alpha value is -1.60. The van der Waals surface area contributed by atoms with E-state index in [9.17, 15) is 4.79 Å². The second-order valence-corrected chi connectivity index (χ2v) is 7.80. The molecule has 0 saturated carbocycles.